The Labute approximate surface area is 162 Å². The van der Waals surface area contributed by atoms with Gasteiger partial charge < -0.3 is 14.5 Å². The Kier molecular flexibility index (Phi) is 5.89. The molecule has 0 spiro atoms. The molecule has 0 fully saturated rings. The molecule has 0 atom stereocenters. The van der Waals surface area contributed by atoms with Crippen LogP contribution in [0.15, 0.2) is 53.3 Å². The number of fused-ring (bicyclic) bond motifs is 1. The zero-order chi connectivity index (χ0) is 20.1. The Bertz CT molecular complexity index is 1080. The first-order valence-electron chi connectivity index (χ1n) is 9.12. The summed E-state index contributed by atoms with van der Waals surface area (Å²) in [5.74, 6) is -1.07. The minimum atomic E-state index is -0.661. The normalized spacial score (nSPS) is 10.6. The standard InChI is InChI=1S/C22H21NO5/c1-3-27-21(25)15-9-7-8-14(12-15)13-17-16-10-5-6-11-18(16)23-20(24)19(17)22(26)28-4-2/h5-12H,3-4,13H2,1-2H3,(H,23,24). The number of para-hydroxylation sites is 1. The summed E-state index contributed by atoms with van der Waals surface area (Å²) in [5, 5.41) is 0.756. The van der Waals surface area contributed by atoms with E-state index in [0.29, 0.717) is 23.1 Å². The van der Waals surface area contributed by atoms with Gasteiger partial charge in [0.25, 0.3) is 5.56 Å². The molecule has 0 aliphatic heterocycles. The molecule has 0 saturated carbocycles. The molecule has 1 aromatic heterocycles. The van der Waals surface area contributed by atoms with Crippen molar-refractivity contribution >= 4 is 22.8 Å². The summed E-state index contributed by atoms with van der Waals surface area (Å²) in [4.78, 5) is 39.8. The smallest absolute Gasteiger partial charge is 0.344 e. The van der Waals surface area contributed by atoms with Gasteiger partial charge in [0.2, 0.25) is 0 Å². The summed E-state index contributed by atoms with van der Waals surface area (Å²) in [6, 6.07) is 14.3. The zero-order valence-electron chi connectivity index (χ0n) is 15.8. The molecule has 144 valence electrons. The molecule has 1 heterocycles. The van der Waals surface area contributed by atoms with E-state index >= 15 is 0 Å². The fourth-order valence-electron chi connectivity index (χ4n) is 3.14. The molecular weight excluding hydrogens is 358 g/mol. The third-order valence-electron chi connectivity index (χ3n) is 4.33. The van der Waals surface area contributed by atoms with E-state index in [9.17, 15) is 14.4 Å². The number of carbonyl (C=O) groups is 2. The number of carbonyl (C=O) groups excluding carboxylic acids is 2. The van der Waals surface area contributed by atoms with Crippen molar-refractivity contribution in [2.24, 2.45) is 0 Å². The van der Waals surface area contributed by atoms with Crippen molar-refractivity contribution in [3.8, 4) is 0 Å². The number of aromatic amines is 1. The number of H-pyrrole nitrogens is 1. The van der Waals surface area contributed by atoms with Gasteiger partial charge in [-0.3, -0.25) is 4.79 Å². The molecule has 0 bridgehead atoms. The lowest BCUT2D eigenvalue weighted by Crippen LogP contribution is -2.23. The fourth-order valence-corrected chi connectivity index (χ4v) is 3.14. The number of aromatic nitrogens is 1. The predicted molar refractivity (Wildman–Crippen MR) is 106 cm³/mol. The largest absolute Gasteiger partial charge is 0.462 e. The molecule has 6 heteroatoms. The lowest BCUT2D eigenvalue weighted by molar-refractivity contribution is 0.0514. The second-order valence-corrected chi connectivity index (χ2v) is 6.17. The number of rotatable bonds is 6. The lowest BCUT2D eigenvalue weighted by atomic mass is 9.95. The number of nitrogens with one attached hydrogen (secondary N) is 1. The van der Waals surface area contributed by atoms with Crippen LogP contribution in [0.5, 0.6) is 0 Å². The minimum absolute atomic E-state index is 0.0120. The van der Waals surface area contributed by atoms with Crippen LogP contribution in [0.1, 0.15) is 45.7 Å². The molecular formula is C22H21NO5. The van der Waals surface area contributed by atoms with Gasteiger partial charge in [-0.25, -0.2) is 9.59 Å². The van der Waals surface area contributed by atoms with Crippen molar-refractivity contribution in [3.63, 3.8) is 0 Å². The lowest BCUT2D eigenvalue weighted by Gasteiger charge is -2.12. The molecule has 0 unspecified atom stereocenters. The van der Waals surface area contributed by atoms with Gasteiger partial charge in [0.15, 0.2) is 0 Å². The number of benzene rings is 2. The van der Waals surface area contributed by atoms with Crippen LogP contribution in [0.4, 0.5) is 0 Å². The second kappa shape index (κ2) is 8.52. The molecule has 2 aromatic carbocycles. The van der Waals surface area contributed by atoms with E-state index in [1.54, 1.807) is 38.1 Å². The SMILES string of the molecule is CCOC(=O)c1cccc(Cc2c(C(=O)OCC)c(=O)[nH]c3ccccc23)c1. The number of esters is 2. The van der Waals surface area contributed by atoms with Crippen LogP contribution in [0.25, 0.3) is 10.9 Å². The molecule has 0 saturated heterocycles. The van der Waals surface area contributed by atoms with Crippen LogP contribution in [0.3, 0.4) is 0 Å². The van der Waals surface area contributed by atoms with Crippen LogP contribution in [-0.4, -0.2) is 30.1 Å². The zero-order valence-corrected chi connectivity index (χ0v) is 15.8. The van der Waals surface area contributed by atoms with Crippen LogP contribution in [0, 0.1) is 0 Å². The van der Waals surface area contributed by atoms with Gasteiger partial charge in [0, 0.05) is 10.9 Å². The number of pyridine rings is 1. The van der Waals surface area contributed by atoms with Crippen molar-refractivity contribution < 1.29 is 19.1 Å². The van der Waals surface area contributed by atoms with Crippen molar-refractivity contribution in [3.05, 3.63) is 81.1 Å². The third kappa shape index (κ3) is 3.96. The first kappa shape index (κ1) is 19.4. The first-order chi connectivity index (χ1) is 13.5. The average molecular weight is 379 g/mol. The molecule has 0 amide bonds. The highest BCUT2D eigenvalue weighted by Crippen LogP contribution is 2.23. The Morgan fingerprint density at radius 2 is 1.64 bits per heavy atom. The van der Waals surface area contributed by atoms with E-state index in [1.807, 2.05) is 24.3 Å². The first-order valence-corrected chi connectivity index (χ1v) is 9.12. The number of ether oxygens (including phenoxy) is 2. The Morgan fingerprint density at radius 1 is 0.929 bits per heavy atom. The quantitative estimate of drug-likeness (QED) is 0.663. The van der Waals surface area contributed by atoms with Crippen LogP contribution in [0.2, 0.25) is 0 Å². The molecule has 1 N–H and O–H groups in total. The van der Waals surface area contributed by atoms with E-state index in [1.165, 1.54) is 0 Å². The van der Waals surface area contributed by atoms with Gasteiger partial charge in [-0.05, 0) is 49.6 Å². The van der Waals surface area contributed by atoms with E-state index < -0.39 is 17.5 Å². The highest BCUT2D eigenvalue weighted by atomic mass is 16.5. The summed E-state index contributed by atoms with van der Waals surface area (Å²) in [6.45, 7) is 3.89. The van der Waals surface area contributed by atoms with Crippen molar-refractivity contribution in [1.29, 1.82) is 0 Å². The number of hydrogen-bond donors (Lipinski definition) is 1. The summed E-state index contributed by atoms with van der Waals surface area (Å²) < 4.78 is 10.1. The van der Waals surface area contributed by atoms with Gasteiger partial charge >= 0.3 is 11.9 Å². The minimum Gasteiger partial charge on any atom is -0.462 e. The van der Waals surface area contributed by atoms with Gasteiger partial charge in [0.1, 0.15) is 5.56 Å². The van der Waals surface area contributed by atoms with E-state index in [0.717, 1.165) is 10.9 Å². The Hall–Kier alpha value is -3.41. The molecule has 3 aromatic rings. The maximum atomic E-state index is 12.6. The van der Waals surface area contributed by atoms with E-state index in [-0.39, 0.29) is 18.8 Å². The summed E-state index contributed by atoms with van der Waals surface area (Å²) in [7, 11) is 0. The van der Waals surface area contributed by atoms with Crippen molar-refractivity contribution in [2.75, 3.05) is 13.2 Å². The number of hydrogen-bond acceptors (Lipinski definition) is 5. The predicted octanol–water partition coefficient (Wildman–Crippen LogP) is 3.47. The van der Waals surface area contributed by atoms with Crippen LogP contribution < -0.4 is 5.56 Å². The summed E-state index contributed by atoms with van der Waals surface area (Å²) >= 11 is 0. The van der Waals surface area contributed by atoms with E-state index in [4.69, 9.17) is 9.47 Å². The summed E-state index contributed by atoms with van der Waals surface area (Å²) in [5.41, 5.74) is 1.91. The fraction of sp³-hybridized carbons (Fsp3) is 0.227. The topological polar surface area (TPSA) is 85.5 Å². The van der Waals surface area contributed by atoms with Gasteiger partial charge in [0.05, 0.1) is 18.8 Å². The average Bonchev–Trinajstić information content (AvgIpc) is 2.68. The van der Waals surface area contributed by atoms with Crippen molar-refractivity contribution in [2.45, 2.75) is 20.3 Å². The van der Waals surface area contributed by atoms with Crippen LogP contribution >= 0.6 is 0 Å². The molecule has 0 radical (unpaired) electrons. The molecule has 0 aliphatic carbocycles. The molecule has 3 rings (SSSR count). The Morgan fingerprint density at radius 3 is 2.39 bits per heavy atom. The highest BCUT2D eigenvalue weighted by Gasteiger charge is 2.21. The molecule has 28 heavy (non-hydrogen) atoms. The van der Waals surface area contributed by atoms with Gasteiger partial charge in [-0.1, -0.05) is 30.3 Å². The molecule has 6 nitrogen and oxygen atoms in total. The highest BCUT2D eigenvalue weighted by molar-refractivity contribution is 5.97. The summed E-state index contributed by atoms with van der Waals surface area (Å²) in [6.07, 6.45) is 0.297. The third-order valence-corrected chi connectivity index (χ3v) is 4.33. The van der Waals surface area contributed by atoms with E-state index in [2.05, 4.69) is 4.98 Å². The van der Waals surface area contributed by atoms with Crippen molar-refractivity contribution in [1.82, 2.24) is 4.98 Å². The maximum absolute atomic E-state index is 12.6. The Balaban J connectivity index is 2.13. The van der Waals surface area contributed by atoms with Crippen LogP contribution in [-0.2, 0) is 15.9 Å². The van der Waals surface area contributed by atoms with Gasteiger partial charge in [-0.15, -0.1) is 0 Å². The maximum Gasteiger partial charge on any atom is 0.344 e. The second-order valence-electron chi connectivity index (χ2n) is 6.17. The monoisotopic (exact) mass is 379 g/mol. The van der Waals surface area contributed by atoms with Gasteiger partial charge in [-0.2, -0.15) is 0 Å². The molecule has 0 aliphatic rings.